The number of nitrogens with two attached hydrogens (primary N) is 1. The lowest BCUT2D eigenvalue weighted by atomic mass is 9.76. The van der Waals surface area contributed by atoms with Crippen LogP contribution in [-0.2, 0) is 16.0 Å². The van der Waals surface area contributed by atoms with Gasteiger partial charge in [0.1, 0.15) is 12.1 Å². The Labute approximate surface area is 162 Å². The van der Waals surface area contributed by atoms with E-state index in [0.717, 1.165) is 19.3 Å². The maximum absolute atomic E-state index is 12.2. The number of ether oxygens (including phenoxy) is 1. The molecular weight excluding hydrogens is 346 g/mol. The lowest BCUT2D eigenvalue weighted by molar-refractivity contribution is -0.151. The van der Waals surface area contributed by atoms with Crippen LogP contribution >= 0.6 is 12.4 Å². The van der Waals surface area contributed by atoms with Crippen LogP contribution in [0.4, 0.5) is 0 Å². The molecule has 2 N–H and O–H groups in total. The summed E-state index contributed by atoms with van der Waals surface area (Å²) in [6, 6.07) is 20.5. The van der Waals surface area contributed by atoms with Gasteiger partial charge >= 0.3 is 5.97 Å². The van der Waals surface area contributed by atoms with Crippen molar-refractivity contribution in [1.29, 1.82) is 0 Å². The first-order valence-corrected chi connectivity index (χ1v) is 9.20. The smallest absolute Gasteiger partial charge is 0.323 e. The van der Waals surface area contributed by atoms with Gasteiger partial charge in [0, 0.05) is 5.92 Å². The molecular formula is C22H28ClNO2. The Balaban J connectivity index is 0.00000243. The van der Waals surface area contributed by atoms with E-state index in [9.17, 15) is 4.79 Å². The molecule has 140 valence electrons. The first-order chi connectivity index (χ1) is 12.1. The van der Waals surface area contributed by atoms with Crippen molar-refractivity contribution < 1.29 is 9.53 Å². The zero-order valence-corrected chi connectivity index (χ0v) is 16.0. The molecule has 0 amide bonds. The Morgan fingerprint density at radius 2 is 1.62 bits per heavy atom. The zero-order chi connectivity index (χ0) is 17.6. The van der Waals surface area contributed by atoms with Gasteiger partial charge in [0.25, 0.3) is 0 Å². The minimum atomic E-state index is -0.505. The Kier molecular flexibility index (Phi) is 7.67. The van der Waals surface area contributed by atoms with Crippen molar-refractivity contribution >= 4 is 18.4 Å². The highest BCUT2D eigenvalue weighted by molar-refractivity contribution is 5.85. The molecule has 26 heavy (non-hydrogen) atoms. The van der Waals surface area contributed by atoms with Crippen LogP contribution in [0, 0.1) is 5.92 Å². The molecule has 2 aromatic rings. The van der Waals surface area contributed by atoms with E-state index in [-0.39, 0.29) is 30.4 Å². The van der Waals surface area contributed by atoms with Gasteiger partial charge in [-0.3, -0.25) is 4.79 Å². The van der Waals surface area contributed by atoms with Crippen molar-refractivity contribution in [1.82, 2.24) is 0 Å². The predicted molar refractivity (Wildman–Crippen MR) is 107 cm³/mol. The molecule has 1 saturated heterocycles. The summed E-state index contributed by atoms with van der Waals surface area (Å²) in [5.74, 6) is 0.322. The van der Waals surface area contributed by atoms with E-state index in [1.54, 1.807) is 0 Å². The second-order valence-electron chi connectivity index (χ2n) is 7.07. The molecule has 1 heterocycles. The van der Waals surface area contributed by atoms with Gasteiger partial charge in [0.15, 0.2) is 0 Å². The summed E-state index contributed by atoms with van der Waals surface area (Å²) >= 11 is 0. The van der Waals surface area contributed by atoms with E-state index in [0.29, 0.717) is 12.3 Å². The lowest BCUT2D eigenvalue weighted by Gasteiger charge is -2.31. The number of carbonyl (C=O) groups excluding carboxylic acids is 1. The maximum atomic E-state index is 12.2. The second kappa shape index (κ2) is 9.75. The molecule has 4 heteroatoms. The fourth-order valence-electron chi connectivity index (χ4n) is 3.99. The van der Waals surface area contributed by atoms with E-state index in [2.05, 4.69) is 48.5 Å². The Morgan fingerprint density at radius 3 is 2.27 bits per heavy atom. The van der Waals surface area contributed by atoms with Gasteiger partial charge in [-0.1, -0.05) is 67.1 Å². The highest BCUT2D eigenvalue weighted by atomic mass is 35.5. The third kappa shape index (κ3) is 5.09. The van der Waals surface area contributed by atoms with E-state index in [1.165, 1.54) is 11.1 Å². The Hall–Kier alpha value is -1.84. The molecule has 2 aromatic carbocycles. The van der Waals surface area contributed by atoms with Crippen molar-refractivity contribution in [3.05, 3.63) is 71.8 Å². The maximum Gasteiger partial charge on any atom is 0.323 e. The number of rotatable bonds is 3. The van der Waals surface area contributed by atoms with Crippen molar-refractivity contribution in [2.75, 3.05) is 0 Å². The van der Waals surface area contributed by atoms with Gasteiger partial charge in [0.05, 0.1) is 0 Å². The summed E-state index contributed by atoms with van der Waals surface area (Å²) in [5, 5.41) is 0. The minimum Gasteiger partial charge on any atom is -0.461 e. The van der Waals surface area contributed by atoms with E-state index in [1.807, 2.05) is 19.1 Å². The number of esters is 1. The molecule has 4 atom stereocenters. The fourth-order valence-corrected chi connectivity index (χ4v) is 3.99. The first-order valence-electron chi connectivity index (χ1n) is 9.20. The molecule has 0 unspecified atom stereocenters. The van der Waals surface area contributed by atoms with Gasteiger partial charge in [-0.2, -0.15) is 0 Å². The van der Waals surface area contributed by atoms with Crippen LogP contribution in [0.1, 0.15) is 43.2 Å². The molecule has 1 aliphatic rings. The molecule has 0 bridgehead atoms. The second-order valence-corrected chi connectivity index (χ2v) is 7.07. The van der Waals surface area contributed by atoms with Crippen molar-refractivity contribution in [3.8, 4) is 0 Å². The summed E-state index contributed by atoms with van der Waals surface area (Å²) in [6.45, 7) is 2.01. The molecule has 1 aliphatic heterocycles. The molecule has 0 saturated carbocycles. The van der Waals surface area contributed by atoms with Crippen molar-refractivity contribution in [2.45, 2.75) is 50.7 Å². The predicted octanol–water partition coefficient (Wildman–Crippen LogP) is 4.49. The molecule has 1 fully saturated rings. The average Bonchev–Trinajstić information content (AvgIpc) is 2.67. The quantitative estimate of drug-likeness (QED) is 0.806. The van der Waals surface area contributed by atoms with Crippen molar-refractivity contribution in [2.24, 2.45) is 11.7 Å². The number of hydrogen-bond donors (Lipinski definition) is 1. The zero-order valence-electron chi connectivity index (χ0n) is 15.2. The summed E-state index contributed by atoms with van der Waals surface area (Å²) in [6.07, 6.45) is 3.48. The fraction of sp³-hybridized carbons (Fsp3) is 0.409. The average molecular weight is 374 g/mol. The summed E-state index contributed by atoms with van der Waals surface area (Å²) in [5.41, 5.74) is 8.55. The molecule has 3 rings (SSSR count). The third-order valence-electron chi connectivity index (χ3n) is 5.23. The SMILES string of the molecule is C[C@@H]1OC(=O)[C@@H](N)CCC[C@H](Cc2ccccc2)[C@H]1c1ccccc1.Cl. The largest absolute Gasteiger partial charge is 0.461 e. The number of halogens is 1. The number of hydrogen-bond acceptors (Lipinski definition) is 3. The summed E-state index contributed by atoms with van der Waals surface area (Å²) in [4.78, 5) is 12.2. The van der Waals surface area contributed by atoms with Gasteiger partial charge < -0.3 is 10.5 Å². The topological polar surface area (TPSA) is 52.3 Å². The molecule has 0 radical (unpaired) electrons. The minimum absolute atomic E-state index is 0. The summed E-state index contributed by atoms with van der Waals surface area (Å²) in [7, 11) is 0. The van der Waals surface area contributed by atoms with Crippen molar-refractivity contribution in [3.63, 3.8) is 0 Å². The van der Waals surface area contributed by atoms with Gasteiger partial charge in [-0.25, -0.2) is 0 Å². The van der Waals surface area contributed by atoms with Gasteiger partial charge in [0.2, 0.25) is 0 Å². The van der Waals surface area contributed by atoms with Crippen LogP contribution in [0.3, 0.4) is 0 Å². The van der Waals surface area contributed by atoms with Gasteiger partial charge in [-0.15, -0.1) is 12.4 Å². The molecule has 0 aromatic heterocycles. The summed E-state index contributed by atoms with van der Waals surface area (Å²) < 4.78 is 5.75. The van der Waals surface area contributed by atoms with E-state index in [4.69, 9.17) is 10.5 Å². The Morgan fingerprint density at radius 1 is 1.00 bits per heavy atom. The van der Waals surface area contributed by atoms with Crippen LogP contribution < -0.4 is 5.73 Å². The molecule has 3 nitrogen and oxygen atoms in total. The van der Waals surface area contributed by atoms with Crippen LogP contribution in [0.5, 0.6) is 0 Å². The van der Waals surface area contributed by atoms with Crippen LogP contribution in [0.25, 0.3) is 0 Å². The van der Waals surface area contributed by atoms with Crippen LogP contribution in [-0.4, -0.2) is 18.1 Å². The standard InChI is InChI=1S/C22H27NO2.ClH/c1-16-21(18-11-6-3-7-12-18)19(15-17-9-4-2-5-10-17)13-8-14-20(23)22(24)25-16;/h2-7,9-12,16,19-21H,8,13-15,23H2,1H3;1H/t16-,19+,20-,21+;/m0./s1. The van der Waals surface area contributed by atoms with E-state index >= 15 is 0 Å². The Bertz CT molecular complexity index is 677. The normalized spacial score (nSPS) is 26.6. The first kappa shape index (κ1) is 20.5. The highest BCUT2D eigenvalue weighted by Crippen LogP contribution is 2.36. The van der Waals surface area contributed by atoms with E-state index < -0.39 is 6.04 Å². The third-order valence-corrected chi connectivity index (χ3v) is 5.23. The van der Waals surface area contributed by atoms with Crippen LogP contribution in [0.2, 0.25) is 0 Å². The monoisotopic (exact) mass is 373 g/mol. The molecule has 0 spiro atoms. The number of benzene rings is 2. The van der Waals surface area contributed by atoms with Gasteiger partial charge in [-0.05, 0) is 43.2 Å². The molecule has 0 aliphatic carbocycles. The lowest BCUT2D eigenvalue weighted by Crippen LogP contribution is -2.35. The van der Waals surface area contributed by atoms with Crippen LogP contribution in [0.15, 0.2) is 60.7 Å². The number of cyclic esters (lactones) is 1. The highest BCUT2D eigenvalue weighted by Gasteiger charge is 2.33. The number of carbonyl (C=O) groups is 1.